The Kier molecular flexibility index (Phi) is 8.88. The Morgan fingerprint density at radius 2 is 1.78 bits per heavy atom. The van der Waals surface area contributed by atoms with Crippen molar-refractivity contribution in [1.29, 1.82) is 0 Å². The first-order chi connectivity index (χ1) is 13.0. The monoisotopic (exact) mass is 375 g/mol. The number of anilines is 1. The van der Waals surface area contributed by atoms with Crippen LogP contribution in [-0.4, -0.2) is 76.4 Å². The number of guanidine groups is 1. The maximum atomic E-state index is 5.42. The van der Waals surface area contributed by atoms with Gasteiger partial charge in [-0.3, -0.25) is 9.89 Å². The first-order valence-corrected chi connectivity index (χ1v) is 10.1. The molecule has 1 aliphatic heterocycles. The van der Waals surface area contributed by atoms with Gasteiger partial charge < -0.3 is 20.3 Å². The lowest BCUT2D eigenvalue weighted by Gasteiger charge is -2.36. The standard InChI is InChI=1S/C21H37N5O/c1-21(2,27-4)18-24-20(22-3)23-12-8-9-13-25-14-16-26(17-15-25)19-10-6-5-7-11-19/h5-7,10-11H,8-9,12-18H2,1-4H3,(H2,22,23,24). The number of hydrogen-bond donors (Lipinski definition) is 2. The van der Waals surface area contributed by atoms with E-state index in [0.717, 1.165) is 51.6 Å². The molecule has 2 N–H and O–H groups in total. The quantitative estimate of drug-likeness (QED) is 0.394. The Hall–Kier alpha value is -1.79. The van der Waals surface area contributed by atoms with Crippen LogP contribution < -0.4 is 15.5 Å². The summed E-state index contributed by atoms with van der Waals surface area (Å²) in [5, 5.41) is 6.71. The van der Waals surface area contributed by atoms with Gasteiger partial charge in [0.05, 0.1) is 5.60 Å². The molecule has 0 radical (unpaired) electrons. The summed E-state index contributed by atoms with van der Waals surface area (Å²) in [7, 11) is 3.54. The summed E-state index contributed by atoms with van der Waals surface area (Å²) in [5.74, 6) is 0.844. The van der Waals surface area contributed by atoms with Crippen molar-refractivity contribution >= 4 is 11.6 Å². The molecule has 152 valence electrons. The highest BCUT2D eigenvalue weighted by molar-refractivity contribution is 5.79. The van der Waals surface area contributed by atoms with Gasteiger partial charge in [-0.25, -0.2) is 0 Å². The summed E-state index contributed by atoms with van der Waals surface area (Å²) in [5.41, 5.74) is 1.15. The number of unbranched alkanes of at least 4 members (excludes halogenated alkanes) is 1. The first kappa shape index (κ1) is 21.5. The molecule has 0 spiro atoms. The topological polar surface area (TPSA) is 52.1 Å². The van der Waals surface area contributed by atoms with Crippen LogP contribution in [0.25, 0.3) is 0 Å². The first-order valence-electron chi connectivity index (χ1n) is 10.1. The summed E-state index contributed by atoms with van der Waals surface area (Å²) >= 11 is 0. The van der Waals surface area contributed by atoms with Crippen LogP contribution in [0.15, 0.2) is 35.3 Å². The smallest absolute Gasteiger partial charge is 0.191 e. The second-order valence-corrected chi connectivity index (χ2v) is 7.69. The van der Waals surface area contributed by atoms with E-state index in [1.807, 2.05) is 0 Å². The van der Waals surface area contributed by atoms with E-state index in [2.05, 4.69) is 69.6 Å². The third kappa shape index (κ3) is 7.77. The lowest BCUT2D eigenvalue weighted by Crippen LogP contribution is -2.47. The second kappa shape index (κ2) is 11.1. The maximum absolute atomic E-state index is 5.42. The third-order valence-electron chi connectivity index (χ3n) is 5.14. The molecule has 0 amide bonds. The van der Waals surface area contributed by atoms with E-state index in [0.29, 0.717) is 0 Å². The Balaban J connectivity index is 1.55. The van der Waals surface area contributed by atoms with E-state index in [1.165, 1.54) is 18.7 Å². The molecule has 1 aromatic rings. The van der Waals surface area contributed by atoms with Gasteiger partial charge in [-0.1, -0.05) is 18.2 Å². The van der Waals surface area contributed by atoms with Crippen LogP contribution in [0.4, 0.5) is 5.69 Å². The number of nitrogens with one attached hydrogen (secondary N) is 2. The van der Waals surface area contributed by atoms with Gasteiger partial charge >= 0.3 is 0 Å². The number of hydrogen-bond acceptors (Lipinski definition) is 4. The molecular weight excluding hydrogens is 338 g/mol. The number of ether oxygens (including phenoxy) is 1. The molecule has 6 heteroatoms. The van der Waals surface area contributed by atoms with Crippen LogP contribution in [0, 0.1) is 0 Å². The van der Waals surface area contributed by atoms with Crippen LogP contribution in [0.5, 0.6) is 0 Å². The Bertz CT molecular complexity index is 553. The minimum atomic E-state index is -0.195. The molecule has 0 atom stereocenters. The van der Waals surface area contributed by atoms with Crippen LogP contribution in [0.1, 0.15) is 26.7 Å². The lowest BCUT2D eigenvalue weighted by atomic mass is 10.1. The fourth-order valence-corrected chi connectivity index (χ4v) is 3.13. The molecule has 0 aliphatic carbocycles. The fourth-order valence-electron chi connectivity index (χ4n) is 3.13. The number of para-hydroxylation sites is 1. The van der Waals surface area contributed by atoms with Crippen molar-refractivity contribution in [3.05, 3.63) is 30.3 Å². The number of nitrogens with zero attached hydrogens (tertiary/aromatic N) is 3. The molecule has 1 aliphatic rings. The molecule has 1 aromatic carbocycles. The van der Waals surface area contributed by atoms with Gasteiger partial charge in [0.15, 0.2) is 5.96 Å². The van der Waals surface area contributed by atoms with Crippen LogP contribution in [0.2, 0.25) is 0 Å². The summed E-state index contributed by atoms with van der Waals surface area (Å²) in [6.45, 7) is 11.5. The second-order valence-electron chi connectivity index (χ2n) is 7.69. The van der Waals surface area contributed by atoms with E-state index in [1.54, 1.807) is 14.2 Å². The van der Waals surface area contributed by atoms with Gasteiger partial charge in [0, 0.05) is 59.1 Å². The molecule has 0 saturated carbocycles. The highest BCUT2D eigenvalue weighted by atomic mass is 16.5. The number of aliphatic imine (C=N–C) groups is 1. The molecule has 1 fully saturated rings. The Morgan fingerprint density at radius 3 is 2.41 bits per heavy atom. The van der Waals surface area contributed by atoms with Gasteiger partial charge in [-0.05, 0) is 45.4 Å². The molecule has 27 heavy (non-hydrogen) atoms. The molecule has 0 aromatic heterocycles. The van der Waals surface area contributed by atoms with Crippen LogP contribution in [-0.2, 0) is 4.74 Å². The van der Waals surface area contributed by atoms with Crippen molar-refractivity contribution in [2.45, 2.75) is 32.3 Å². The SMILES string of the molecule is CN=C(NCCCCN1CCN(c2ccccc2)CC1)NCC(C)(C)OC. The van der Waals surface area contributed by atoms with Crippen molar-refractivity contribution in [2.24, 2.45) is 4.99 Å². The Labute approximate surface area is 165 Å². The molecule has 2 rings (SSSR count). The van der Waals surface area contributed by atoms with E-state index in [-0.39, 0.29) is 5.60 Å². The van der Waals surface area contributed by atoms with Crippen molar-refractivity contribution in [3.8, 4) is 0 Å². The van der Waals surface area contributed by atoms with E-state index in [4.69, 9.17) is 4.74 Å². The minimum Gasteiger partial charge on any atom is -0.377 e. The van der Waals surface area contributed by atoms with E-state index >= 15 is 0 Å². The number of piperazine rings is 1. The van der Waals surface area contributed by atoms with Crippen molar-refractivity contribution in [3.63, 3.8) is 0 Å². The number of methoxy groups -OCH3 is 1. The molecule has 1 heterocycles. The number of benzene rings is 1. The molecular formula is C21H37N5O. The minimum absolute atomic E-state index is 0.195. The third-order valence-corrected chi connectivity index (χ3v) is 5.14. The maximum Gasteiger partial charge on any atom is 0.191 e. The zero-order valence-electron chi connectivity index (χ0n) is 17.5. The van der Waals surface area contributed by atoms with E-state index in [9.17, 15) is 0 Å². The van der Waals surface area contributed by atoms with Gasteiger partial charge in [-0.15, -0.1) is 0 Å². The largest absolute Gasteiger partial charge is 0.377 e. The van der Waals surface area contributed by atoms with Gasteiger partial charge in [0.1, 0.15) is 0 Å². The van der Waals surface area contributed by atoms with Crippen molar-refractivity contribution in [1.82, 2.24) is 15.5 Å². The van der Waals surface area contributed by atoms with Crippen LogP contribution in [0.3, 0.4) is 0 Å². The summed E-state index contributed by atoms with van der Waals surface area (Å²) in [4.78, 5) is 9.33. The van der Waals surface area contributed by atoms with Crippen LogP contribution >= 0.6 is 0 Å². The van der Waals surface area contributed by atoms with Crippen molar-refractivity contribution in [2.75, 3.05) is 64.9 Å². The van der Waals surface area contributed by atoms with Crippen molar-refractivity contribution < 1.29 is 4.74 Å². The van der Waals surface area contributed by atoms with Gasteiger partial charge in [0.25, 0.3) is 0 Å². The highest BCUT2D eigenvalue weighted by Crippen LogP contribution is 2.15. The zero-order valence-corrected chi connectivity index (χ0v) is 17.5. The molecule has 0 bridgehead atoms. The molecule has 6 nitrogen and oxygen atoms in total. The van der Waals surface area contributed by atoms with Gasteiger partial charge in [0.2, 0.25) is 0 Å². The predicted octanol–water partition coefficient (Wildman–Crippen LogP) is 2.18. The Morgan fingerprint density at radius 1 is 1.07 bits per heavy atom. The molecule has 0 unspecified atom stereocenters. The zero-order chi connectivity index (χ0) is 19.5. The predicted molar refractivity (Wildman–Crippen MR) is 115 cm³/mol. The number of rotatable bonds is 9. The lowest BCUT2D eigenvalue weighted by molar-refractivity contribution is 0.0268. The normalized spacial score (nSPS) is 16.4. The summed E-state index contributed by atoms with van der Waals surface area (Å²) in [6, 6.07) is 10.7. The fraction of sp³-hybridized carbons (Fsp3) is 0.667. The highest BCUT2D eigenvalue weighted by Gasteiger charge is 2.17. The van der Waals surface area contributed by atoms with Gasteiger partial charge in [-0.2, -0.15) is 0 Å². The van der Waals surface area contributed by atoms with E-state index < -0.39 is 0 Å². The summed E-state index contributed by atoms with van der Waals surface area (Å²) < 4.78 is 5.42. The molecule has 1 saturated heterocycles. The average molecular weight is 376 g/mol. The summed E-state index contributed by atoms with van der Waals surface area (Å²) in [6.07, 6.45) is 2.35. The average Bonchev–Trinajstić information content (AvgIpc) is 2.71.